The minimum absolute atomic E-state index is 0.121. The molecule has 2 aromatic rings. The third kappa shape index (κ3) is 3.42. The monoisotopic (exact) mass is 387 g/mol. The molecule has 1 atom stereocenters. The number of nitriles is 1. The maximum absolute atomic E-state index is 13.5. The molecule has 0 aliphatic carbocycles. The fraction of sp³-hybridized carbons (Fsp3) is 0.292. The highest BCUT2D eigenvalue weighted by molar-refractivity contribution is 6.09. The highest BCUT2D eigenvalue weighted by Crippen LogP contribution is 2.34. The van der Waals surface area contributed by atoms with Crippen LogP contribution in [0, 0.1) is 18.3 Å². The fourth-order valence-corrected chi connectivity index (χ4v) is 3.98. The normalized spacial score (nSPS) is 20.9. The molecule has 0 saturated carbocycles. The molecule has 5 heteroatoms. The standard InChI is InChI=1S/C24H25N3O2/c1-5-24(15-18-11-7-6-8-12-18)23(29)26(3)21(22(28)27(24)4)14-20-17(2)10-9-13-19(20)16-25/h6-14H,5,15H2,1-4H3/b21-14-. The van der Waals surface area contributed by atoms with Gasteiger partial charge in [-0.15, -0.1) is 0 Å². The van der Waals surface area contributed by atoms with Gasteiger partial charge in [-0.05, 0) is 42.2 Å². The van der Waals surface area contributed by atoms with Gasteiger partial charge in [0.15, 0.2) is 0 Å². The summed E-state index contributed by atoms with van der Waals surface area (Å²) in [6, 6.07) is 17.3. The number of nitrogens with zero attached hydrogens (tertiary/aromatic N) is 3. The lowest BCUT2D eigenvalue weighted by atomic mass is 9.82. The van der Waals surface area contributed by atoms with Crippen LogP contribution < -0.4 is 0 Å². The van der Waals surface area contributed by atoms with E-state index < -0.39 is 5.54 Å². The molecule has 1 aliphatic heterocycles. The molecule has 5 nitrogen and oxygen atoms in total. The van der Waals surface area contributed by atoms with Crippen LogP contribution in [-0.2, 0) is 16.0 Å². The van der Waals surface area contributed by atoms with Crippen molar-refractivity contribution in [3.8, 4) is 6.07 Å². The number of hydrogen-bond donors (Lipinski definition) is 0. The second kappa shape index (κ2) is 7.92. The summed E-state index contributed by atoms with van der Waals surface area (Å²) in [5, 5.41) is 9.44. The van der Waals surface area contributed by atoms with E-state index in [0.29, 0.717) is 24.0 Å². The zero-order chi connectivity index (χ0) is 21.2. The van der Waals surface area contributed by atoms with Crippen molar-refractivity contribution >= 4 is 17.9 Å². The van der Waals surface area contributed by atoms with Crippen LogP contribution in [0.15, 0.2) is 54.2 Å². The van der Waals surface area contributed by atoms with Gasteiger partial charge in [0.2, 0.25) is 0 Å². The smallest absolute Gasteiger partial charge is 0.271 e. The van der Waals surface area contributed by atoms with E-state index in [-0.39, 0.29) is 17.5 Å². The molecule has 1 fully saturated rings. The van der Waals surface area contributed by atoms with Crippen LogP contribution in [0.3, 0.4) is 0 Å². The van der Waals surface area contributed by atoms with E-state index in [4.69, 9.17) is 0 Å². The number of benzene rings is 2. The number of amides is 2. The second-order valence-electron chi connectivity index (χ2n) is 7.45. The third-order valence-electron chi connectivity index (χ3n) is 5.88. The Kier molecular flexibility index (Phi) is 5.56. The predicted molar refractivity (Wildman–Crippen MR) is 113 cm³/mol. The first-order valence-corrected chi connectivity index (χ1v) is 9.67. The average Bonchev–Trinajstić information content (AvgIpc) is 2.74. The number of hydrogen-bond acceptors (Lipinski definition) is 3. The number of piperazine rings is 1. The van der Waals surface area contributed by atoms with Crippen LogP contribution in [0.2, 0.25) is 0 Å². The molecule has 29 heavy (non-hydrogen) atoms. The summed E-state index contributed by atoms with van der Waals surface area (Å²) in [7, 11) is 3.33. The third-order valence-corrected chi connectivity index (χ3v) is 5.88. The molecule has 148 valence electrons. The van der Waals surface area contributed by atoms with Crippen molar-refractivity contribution in [2.75, 3.05) is 14.1 Å². The molecule has 0 N–H and O–H groups in total. The van der Waals surface area contributed by atoms with Gasteiger partial charge in [0.25, 0.3) is 11.8 Å². The Morgan fingerprint density at radius 3 is 2.38 bits per heavy atom. The summed E-state index contributed by atoms with van der Waals surface area (Å²) in [6.45, 7) is 3.82. The number of likely N-dealkylation sites (N-methyl/N-ethyl adjacent to an activating group) is 2. The number of carbonyl (C=O) groups excluding carboxylic acids is 2. The topological polar surface area (TPSA) is 64.4 Å². The Labute approximate surface area is 171 Å². The molecule has 0 bridgehead atoms. The highest BCUT2D eigenvalue weighted by atomic mass is 16.2. The first-order valence-electron chi connectivity index (χ1n) is 9.67. The van der Waals surface area contributed by atoms with Crippen LogP contribution in [0.4, 0.5) is 0 Å². The minimum atomic E-state index is -0.936. The van der Waals surface area contributed by atoms with Gasteiger partial charge in [0.05, 0.1) is 11.6 Å². The molecule has 0 aromatic heterocycles. The molecule has 2 amide bonds. The summed E-state index contributed by atoms with van der Waals surface area (Å²) in [6.07, 6.45) is 2.62. The molecule has 0 spiro atoms. The van der Waals surface area contributed by atoms with E-state index in [2.05, 4.69) is 6.07 Å². The Bertz CT molecular complexity index is 1020. The molecule has 1 heterocycles. The Morgan fingerprint density at radius 1 is 1.07 bits per heavy atom. The predicted octanol–water partition coefficient (Wildman–Crippen LogP) is 3.53. The summed E-state index contributed by atoms with van der Waals surface area (Å²) < 4.78 is 0. The summed E-state index contributed by atoms with van der Waals surface area (Å²) in [4.78, 5) is 29.9. The summed E-state index contributed by atoms with van der Waals surface area (Å²) >= 11 is 0. The van der Waals surface area contributed by atoms with Crippen LogP contribution in [0.1, 0.15) is 35.6 Å². The van der Waals surface area contributed by atoms with E-state index in [1.54, 1.807) is 31.1 Å². The van der Waals surface area contributed by atoms with Crippen molar-refractivity contribution in [1.29, 1.82) is 5.26 Å². The van der Waals surface area contributed by atoms with Crippen molar-refractivity contribution in [2.24, 2.45) is 0 Å². The molecule has 1 saturated heterocycles. The van der Waals surface area contributed by atoms with Crippen molar-refractivity contribution < 1.29 is 9.59 Å². The van der Waals surface area contributed by atoms with Gasteiger partial charge in [0, 0.05) is 20.5 Å². The van der Waals surface area contributed by atoms with Gasteiger partial charge >= 0.3 is 0 Å². The minimum Gasteiger partial charge on any atom is -0.325 e. The molecule has 0 radical (unpaired) electrons. The van der Waals surface area contributed by atoms with Gasteiger partial charge in [-0.1, -0.05) is 49.4 Å². The number of aryl methyl sites for hydroxylation is 1. The Morgan fingerprint density at radius 2 is 1.76 bits per heavy atom. The molecular formula is C24H25N3O2. The maximum atomic E-state index is 13.5. The van der Waals surface area contributed by atoms with E-state index in [1.807, 2.05) is 56.3 Å². The van der Waals surface area contributed by atoms with Gasteiger partial charge in [-0.2, -0.15) is 5.26 Å². The maximum Gasteiger partial charge on any atom is 0.271 e. The van der Waals surface area contributed by atoms with Crippen LogP contribution in [0.25, 0.3) is 6.08 Å². The summed E-state index contributed by atoms with van der Waals surface area (Å²) in [5.74, 6) is -0.346. The SMILES string of the molecule is CCC1(Cc2ccccc2)C(=O)N(C)/C(=C\c2c(C)cccc2C#N)C(=O)N1C. The number of carbonyl (C=O) groups is 2. The molecular weight excluding hydrogens is 362 g/mol. The van der Waals surface area contributed by atoms with Crippen molar-refractivity contribution in [3.05, 3.63) is 76.5 Å². The van der Waals surface area contributed by atoms with Crippen LogP contribution in [0.5, 0.6) is 0 Å². The number of rotatable bonds is 4. The zero-order valence-corrected chi connectivity index (χ0v) is 17.3. The van der Waals surface area contributed by atoms with E-state index in [9.17, 15) is 14.9 Å². The van der Waals surface area contributed by atoms with Gasteiger partial charge in [-0.25, -0.2) is 0 Å². The highest BCUT2D eigenvalue weighted by Gasteiger charge is 2.50. The van der Waals surface area contributed by atoms with E-state index in [0.717, 1.165) is 11.1 Å². The lowest BCUT2D eigenvalue weighted by molar-refractivity contribution is -0.157. The van der Waals surface area contributed by atoms with Crippen LogP contribution >= 0.6 is 0 Å². The Hall–Kier alpha value is -3.39. The molecule has 1 aliphatic rings. The summed E-state index contributed by atoms with van der Waals surface area (Å²) in [5.41, 5.74) is 2.37. The lowest BCUT2D eigenvalue weighted by Gasteiger charge is -2.47. The average molecular weight is 387 g/mol. The Balaban J connectivity index is 2.07. The first-order chi connectivity index (χ1) is 13.9. The van der Waals surface area contributed by atoms with Crippen LogP contribution in [-0.4, -0.2) is 41.2 Å². The van der Waals surface area contributed by atoms with Crippen molar-refractivity contribution in [1.82, 2.24) is 9.80 Å². The van der Waals surface area contributed by atoms with Crippen molar-refractivity contribution in [2.45, 2.75) is 32.2 Å². The van der Waals surface area contributed by atoms with E-state index in [1.165, 1.54) is 4.90 Å². The van der Waals surface area contributed by atoms with E-state index >= 15 is 0 Å². The molecule has 3 rings (SSSR count). The quantitative estimate of drug-likeness (QED) is 0.754. The lowest BCUT2D eigenvalue weighted by Crippen LogP contribution is -2.65. The molecule has 2 aromatic carbocycles. The largest absolute Gasteiger partial charge is 0.325 e. The first kappa shape index (κ1) is 20.3. The van der Waals surface area contributed by atoms with Gasteiger partial charge in [0.1, 0.15) is 11.2 Å². The zero-order valence-electron chi connectivity index (χ0n) is 17.3. The van der Waals surface area contributed by atoms with Gasteiger partial charge < -0.3 is 9.80 Å². The van der Waals surface area contributed by atoms with Crippen molar-refractivity contribution in [3.63, 3.8) is 0 Å². The fourth-order valence-electron chi connectivity index (χ4n) is 3.98. The van der Waals surface area contributed by atoms with Gasteiger partial charge in [-0.3, -0.25) is 9.59 Å². The molecule has 1 unspecified atom stereocenters. The second-order valence-corrected chi connectivity index (χ2v) is 7.45.